The summed E-state index contributed by atoms with van der Waals surface area (Å²) >= 11 is 0. The lowest BCUT2D eigenvalue weighted by molar-refractivity contribution is 0.267. The fourth-order valence-electron chi connectivity index (χ4n) is 5.24. The summed E-state index contributed by atoms with van der Waals surface area (Å²) in [6, 6.07) is 10.7. The quantitative estimate of drug-likeness (QED) is 0.774. The van der Waals surface area contributed by atoms with Crippen LogP contribution >= 0.6 is 0 Å². The Hall–Kier alpha value is -1.97. The van der Waals surface area contributed by atoms with Gasteiger partial charge in [-0.25, -0.2) is 4.99 Å². The van der Waals surface area contributed by atoms with E-state index in [4.69, 9.17) is 9.73 Å². The third-order valence-corrected chi connectivity index (χ3v) is 6.87. The highest BCUT2D eigenvalue weighted by Gasteiger charge is 2.35. The van der Waals surface area contributed by atoms with Crippen LogP contribution in [-0.4, -0.2) is 24.7 Å². The molecule has 4 heteroatoms. The SMILES string of the molecule is c1ccc(OCC2N=C(NC3CCCC(C4CC4)C3)C3=C(CCCC3)N2)cc1. The summed E-state index contributed by atoms with van der Waals surface area (Å²) in [4.78, 5) is 5.07. The fourth-order valence-corrected chi connectivity index (χ4v) is 5.24. The zero-order valence-electron chi connectivity index (χ0n) is 16.8. The molecule has 3 unspecified atom stereocenters. The standard InChI is InChI=1S/C24H33N3O/c1-2-9-20(10-3-1)28-16-23-26-22-12-5-4-11-21(22)24(27-23)25-19-8-6-7-18(15-19)17-13-14-17/h1-3,9-10,17-19,23,26H,4-8,11-16H2,(H,25,27). The predicted octanol–water partition coefficient (Wildman–Crippen LogP) is 4.78. The molecule has 5 rings (SSSR count). The monoisotopic (exact) mass is 379 g/mol. The summed E-state index contributed by atoms with van der Waals surface area (Å²) < 4.78 is 6.00. The van der Waals surface area contributed by atoms with Gasteiger partial charge in [-0.2, -0.15) is 0 Å². The van der Waals surface area contributed by atoms with Gasteiger partial charge in [-0.05, 0) is 75.3 Å². The molecule has 1 aromatic rings. The number of allylic oxidation sites excluding steroid dienone is 1. The van der Waals surface area contributed by atoms with Gasteiger partial charge in [0, 0.05) is 17.3 Å². The Balaban J connectivity index is 1.27. The number of hydrogen-bond donors (Lipinski definition) is 2. The molecule has 1 aromatic carbocycles. The average molecular weight is 380 g/mol. The third kappa shape index (κ3) is 4.21. The van der Waals surface area contributed by atoms with Crippen LogP contribution in [0.1, 0.15) is 64.2 Å². The van der Waals surface area contributed by atoms with Gasteiger partial charge in [-0.1, -0.05) is 31.0 Å². The highest BCUT2D eigenvalue weighted by Crippen LogP contribution is 2.44. The molecule has 0 spiro atoms. The number of benzene rings is 1. The lowest BCUT2D eigenvalue weighted by Crippen LogP contribution is -2.46. The molecule has 0 saturated heterocycles. The minimum Gasteiger partial charge on any atom is -0.489 e. The van der Waals surface area contributed by atoms with Gasteiger partial charge in [0.25, 0.3) is 0 Å². The first-order valence-electron chi connectivity index (χ1n) is 11.4. The maximum absolute atomic E-state index is 6.00. The van der Waals surface area contributed by atoms with E-state index in [1.165, 1.54) is 62.6 Å². The van der Waals surface area contributed by atoms with Crippen molar-refractivity contribution >= 4 is 5.84 Å². The predicted molar refractivity (Wildman–Crippen MR) is 113 cm³/mol. The number of rotatable bonds is 5. The first-order valence-corrected chi connectivity index (χ1v) is 11.4. The zero-order chi connectivity index (χ0) is 18.8. The molecule has 4 aliphatic rings. The molecule has 150 valence electrons. The van der Waals surface area contributed by atoms with Crippen molar-refractivity contribution in [3.05, 3.63) is 41.6 Å². The molecular weight excluding hydrogens is 346 g/mol. The topological polar surface area (TPSA) is 45.6 Å². The van der Waals surface area contributed by atoms with E-state index >= 15 is 0 Å². The van der Waals surface area contributed by atoms with Crippen molar-refractivity contribution in [2.75, 3.05) is 6.61 Å². The van der Waals surface area contributed by atoms with Crippen molar-refractivity contribution < 1.29 is 4.74 Å². The smallest absolute Gasteiger partial charge is 0.155 e. The van der Waals surface area contributed by atoms with Crippen molar-refractivity contribution in [3.63, 3.8) is 0 Å². The van der Waals surface area contributed by atoms with Crippen LogP contribution in [-0.2, 0) is 0 Å². The maximum atomic E-state index is 6.00. The molecular formula is C24H33N3O. The molecule has 0 bridgehead atoms. The first kappa shape index (κ1) is 18.1. The minimum atomic E-state index is 0.00220. The van der Waals surface area contributed by atoms with Crippen molar-refractivity contribution in [2.45, 2.75) is 76.4 Å². The lowest BCUT2D eigenvalue weighted by Gasteiger charge is -2.35. The first-order chi connectivity index (χ1) is 13.8. The van der Waals surface area contributed by atoms with Gasteiger partial charge >= 0.3 is 0 Å². The highest BCUT2D eigenvalue weighted by molar-refractivity contribution is 6.00. The van der Waals surface area contributed by atoms with Gasteiger partial charge in [-0.3, -0.25) is 0 Å². The van der Waals surface area contributed by atoms with E-state index in [-0.39, 0.29) is 6.17 Å². The largest absolute Gasteiger partial charge is 0.489 e. The molecule has 4 nitrogen and oxygen atoms in total. The molecule has 2 fully saturated rings. The van der Waals surface area contributed by atoms with Gasteiger partial charge in [0.2, 0.25) is 0 Å². The second-order valence-electron chi connectivity index (χ2n) is 9.03. The molecule has 0 aromatic heterocycles. The lowest BCUT2D eigenvalue weighted by atomic mass is 9.82. The van der Waals surface area contributed by atoms with Crippen molar-refractivity contribution in [2.24, 2.45) is 16.8 Å². The summed E-state index contributed by atoms with van der Waals surface area (Å²) in [6.45, 7) is 0.571. The third-order valence-electron chi connectivity index (χ3n) is 6.87. The van der Waals surface area contributed by atoms with E-state index in [2.05, 4.69) is 10.6 Å². The van der Waals surface area contributed by atoms with Crippen molar-refractivity contribution in [1.82, 2.24) is 10.6 Å². The normalized spacial score (nSPS) is 30.1. The van der Waals surface area contributed by atoms with Gasteiger partial charge in [0.05, 0.1) is 0 Å². The van der Waals surface area contributed by atoms with Crippen LogP contribution in [0.25, 0.3) is 0 Å². The van der Waals surface area contributed by atoms with Crippen LogP contribution < -0.4 is 15.4 Å². The summed E-state index contributed by atoms with van der Waals surface area (Å²) in [5, 5.41) is 7.55. The number of para-hydroxylation sites is 1. The van der Waals surface area contributed by atoms with Crippen molar-refractivity contribution in [3.8, 4) is 5.75 Å². The Labute approximate surface area is 168 Å². The van der Waals surface area contributed by atoms with Crippen LogP contribution in [0.3, 0.4) is 0 Å². The van der Waals surface area contributed by atoms with Gasteiger partial charge < -0.3 is 15.4 Å². The summed E-state index contributed by atoms with van der Waals surface area (Å²) in [5.74, 6) is 4.05. The van der Waals surface area contributed by atoms with Crippen LogP contribution in [0, 0.1) is 11.8 Å². The second kappa shape index (κ2) is 8.18. The Morgan fingerprint density at radius 3 is 2.68 bits per heavy atom. The number of amidine groups is 1. The van der Waals surface area contributed by atoms with Crippen LogP contribution in [0.4, 0.5) is 0 Å². The van der Waals surface area contributed by atoms with Crippen LogP contribution in [0.5, 0.6) is 5.75 Å². The summed E-state index contributed by atoms with van der Waals surface area (Å²) in [6.07, 6.45) is 13.2. The highest BCUT2D eigenvalue weighted by atomic mass is 16.5. The molecule has 3 aliphatic carbocycles. The number of hydrogen-bond acceptors (Lipinski definition) is 4. The Kier molecular flexibility index (Phi) is 5.28. The van der Waals surface area contributed by atoms with Gasteiger partial charge in [-0.15, -0.1) is 0 Å². The molecule has 2 saturated carbocycles. The molecule has 1 aliphatic heterocycles. The number of nitrogens with one attached hydrogen (secondary N) is 2. The molecule has 0 amide bonds. The molecule has 1 heterocycles. The molecule has 0 radical (unpaired) electrons. The average Bonchev–Trinajstić information content (AvgIpc) is 3.59. The van der Waals surface area contributed by atoms with E-state index in [0.29, 0.717) is 12.6 Å². The van der Waals surface area contributed by atoms with Gasteiger partial charge in [0.15, 0.2) is 6.17 Å². The van der Waals surface area contributed by atoms with E-state index in [1.54, 1.807) is 0 Å². The Bertz CT molecular complexity index is 737. The molecule has 28 heavy (non-hydrogen) atoms. The van der Waals surface area contributed by atoms with Crippen LogP contribution in [0.15, 0.2) is 46.6 Å². The Morgan fingerprint density at radius 2 is 1.82 bits per heavy atom. The van der Waals surface area contributed by atoms with E-state index in [1.807, 2.05) is 30.3 Å². The van der Waals surface area contributed by atoms with Gasteiger partial charge in [0.1, 0.15) is 18.2 Å². The minimum absolute atomic E-state index is 0.00220. The zero-order valence-corrected chi connectivity index (χ0v) is 16.8. The van der Waals surface area contributed by atoms with E-state index < -0.39 is 0 Å². The summed E-state index contributed by atoms with van der Waals surface area (Å²) in [7, 11) is 0. The van der Waals surface area contributed by atoms with Crippen molar-refractivity contribution in [1.29, 1.82) is 0 Å². The fraction of sp³-hybridized carbons (Fsp3) is 0.625. The molecule has 3 atom stereocenters. The van der Waals surface area contributed by atoms with E-state index in [9.17, 15) is 0 Å². The summed E-state index contributed by atoms with van der Waals surface area (Å²) in [5.41, 5.74) is 2.84. The Morgan fingerprint density at radius 1 is 0.964 bits per heavy atom. The number of ether oxygens (including phenoxy) is 1. The molecule has 2 N–H and O–H groups in total. The number of aliphatic imine (C=N–C) groups is 1. The second-order valence-corrected chi connectivity index (χ2v) is 9.03. The van der Waals surface area contributed by atoms with Crippen LogP contribution in [0.2, 0.25) is 0 Å². The van der Waals surface area contributed by atoms with E-state index in [0.717, 1.165) is 36.3 Å². The maximum Gasteiger partial charge on any atom is 0.155 e. The number of nitrogens with zero attached hydrogens (tertiary/aromatic N) is 1.